The number of aromatic nitrogens is 2. The zero-order valence-electron chi connectivity index (χ0n) is 36.2. The maximum absolute atomic E-state index is 14.2. The zero-order valence-corrected chi connectivity index (χ0v) is 36.2. The van der Waals surface area contributed by atoms with E-state index in [1.807, 2.05) is 29.8 Å². The highest BCUT2D eigenvalue weighted by atomic mass is 16.5. The molecule has 10 rings (SSSR count). The van der Waals surface area contributed by atoms with Crippen LogP contribution in [0.3, 0.4) is 0 Å². The Hall–Kier alpha value is -5.96. The van der Waals surface area contributed by atoms with E-state index in [9.17, 15) is 19.2 Å². The van der Waals surface area contributed by atoms with Gasteiger partial charge >= 0.3 is 12.2 Å². The highest BCUT2D eigenvalue weighted by molar-refractivity contribution is 5.96. The number of benzene rings is 3. The Morgan fingerprint density at radius 1 is 0.762 bits per heavy atom. The molecule has 9 atom stereocenters. The first-order chi connectivity index (χ1) is 30.6. The molecule has 0 radical (unpaired) electrons. The molecule has 4 aromatic rings. The second kappa shape index (κ2) is 16.6. The second-order valence-corrected chi connectivity index (χ2v) is 18.5. The standard InChI is InChI=1S/C48H56N8O7/c1-25(2)41(53-47(59)61-3)45(57)55-37-19-33(37)21-39(55)43-49-23-35(51-43)27-7-5-26(6-8-27)29-9-10-31-18-32(12-11-30(31)17-29)36-24-50-44(52-36)40-22-34-20-38(34)56(40)46(58)42(54-48(60)62-4)28-13-15-63-16-14-28/h5-12,17-18,24-25,28,33-35,37-42H,13-16,19-23H2,1-4H3,(H,49,51)(H,50,52)(H,53,59)(H,54,60)/t33-,34-,35?,37-,38-,39+,40+,41+,42+/m1/s1. The minimum atomic E-state index is -0.671. The van der Waals surface area contributed by atoms with E-state index in [0.717, 1.165) is 76.1 Å². The van der Waals surface area contributed by atoms with Crippen LogP contribution in [-0.2, 0) is 23.8 Å². The topological polar surface area (TPSA) is 180 Å². The number of nitrogens with zero attached hydrogens (tertiary/aromatic N) is 4. The number of ether oxygens (including phenoxy) is 3. The van der Waals surface area contributed by atoms with E-state index in [1.54, 1.807) is 0 Å². The molecule has 1 unspecified atom stereocenters. The number of aromatic amines is 1. The lowest BCUT2D eigenvalue weighted by Gasteiger charge is -2.35. The highest BCUT2D eigenvalue weighted by Gasteiger charge is 2.58. The normalized spacial score (nSPS) is 26.9. The van der Waals surface area contributed by atoms with Crippen molar-refractivity contribution in [2.24, 2.45) is 28.7 Å². The maximum Gasteiger partial charge on any atom is 0.407 e. The Morgan fingerprint density at radius 3 is 2.06 bits per heavy atom. The van der Waals surface area contributed by atoms with E-state index in [0.29, 0.717) is 44.4 Å². The quantitative estimate of drug-likeness (QED) is 0.138. The Balaban J connectivity index is 0.796. The number of amides is 4. The summed E-state index contributed by atoms with van der Waals surface area (Å²) in [5, 5.41) is 11.5. The molecule has 4 aliphatic heterocycles. The first-order valence-corrected chi connectivity index (χ1v) is 22.5. The number of aliphatic imine (C=N–C) groups is 1. The van der Waals surface area contributed by atoms with E-state index >= 15 is 0 Å². The lowest BCUT2D eigenvalue weighted by Crippen LogP contribution is -2.56. The number of H-pyrrole nitrogens is 1. The number of nitrogens with one attached hydrogen (secondary N) is 4. The van der Waals surface area contributed by atoms with Crippen molar-refractivity contribution in [1.82, 2.24) is 35.7 Å². The van der Waals surface area contributed by atoms with Gasteiger partial charge in [-0.15, -0.1) is 0 Å². The van der Waals surface area contributed by atoms with Crippen molar-refractivity contribution in [3.8, 4) is 22.4 Å². The number of rotatable bonds is 11. The lowest BCUT2D eigenvalue weighted by atomic mass is 9.90. The van der Waals surface area contributed by atoms with Crippen molar-refractivity contribution >= 4 is 40.6 Å². The molecule has 0 spiro atoms. The second-order valence-electron chi connectivity index (χ2n) is 18.5. The monoisotopic (exact) mass is 856 g/mol. The molecule has 15 nitrogen and oxygen atoms in total. The van der Waals surface area contributed by atoms with E-state index in [4.69, 9.17) is 24.2 Å². The summed E-state index contributed by atoms with van der Waals surface area (Å²) in [6.45, 7) is 5.60. The van der Waals surface area contributed by atoms with Gasteiger partial charge in [0.1, 0.15) is 23.7 Å². The summed E-state index contributed by atoms with van der Waals surface area (Å²) in [4.78, 5) is 69.8. The minimum Gasteiger partial charge on any atom is -0.453 e. The average Bonchev–Trinajstić information content (AvgIpc) is 3.89. The minimum absolute atomic E-state index is 0.00976. The molecule has 63 heavy (non-hydrogen) atoms. The average molecular weight is 857 g/mol. The fourth-order valence-corrected chi connectivity index (χ4v) is 10.7. The summed E-state index contributed by atoms with van der Waals surface area (Å²) in [6.07, 6.45) is 5.75. The van der Waals surface area contributed by atoms with Crippen LogP contribution in [0.15, 0.2) is 71.9 Å². The predicted octanol–water partition coefficient (Wildman–Crippen LogP) is 6.12. The maximum atomic E-state index is 14.2. The van der Waals surface area contributed by atoms with Gasteiger partial charge in [0.2, 0.25) is 11.8 Å². The van der Waals surface area contributed by atoms with Crippen molar-refractivity contribution in [3.05, 3.63) is 78.2 Å². The molecule has 15 heteroatoms. The van der Waals surface area contributed by atoms with Gasteiger partial charge in [-0.3, -0.25) is 14.6 Å². The van der Waals surface area contributed by atoms with Crippen molar-refractivity contribution < 1.29 is 33.4 Å². The molecule has 2 aliphatic carbocycles. The summed E-state index contributed by atoms with van der Waals surface area (Å²) < 4.78 is 15.3. The van der Waals surface area contributed by atoms with Gasteiger partial charge in [-0.05, 0) is 102 Å². The van der Waals surface area contributed by atoms with Crippen molar-refractivity contribution in [1.29, 1.82) is 0 Å². The van der Waals surface area contributed by atoms with Crippen LogP contribution in [-0.4, -0.2) is 114 Å². The number of amidine groups is 1. The van der Waals surface area contributed by atoms with Gasteiger partial charge in [0, 0.05) is 30.9 Å². The molecule has 0 bridgehead atoms. The number of hydrogen-bond donors (Lipinski definition) is 4. The molecule has 1 aromatic heterocycles. The number of alkyl carbamates (subject to hydrolysis) is 2. The predicted molar refractivity (Wildman–Crippen MR) is 235 cm³/mol. The zero-order chi connectivity index (χ0) is 43.5. The summed E-state index contributed by atoms with van der Waals surface area (Å²) in [6, 6.07) is 20.2. The van der Waals surface area contributed by atoms with Gasteiger partial charge in [0.25, 0.3) is 0 Å². The van der Waals surface area contributed by atoms with Crippen LogP contribution < -0.4 is 16.0 Å². The van der Waals surface area contributed by atoms with Gasteiger partial charge < -0.3 is 44.9 Å². The van der Waals surface area contributed by atoms with E-state index in [-0.39, 0.29) is 53.9 Å². The van der Waals surface area contributed by atoms with Crippen molar-refractivity contribution in [3.63, 3.8) is 0 Å². The van der Waals surface area contributed by atoms with Crippen LogP contribution in [0.2, 0.25) is 0 Å². The Bertz CT molecular complexity index is 2450. The number of carbonyl (C=O) groups excluding carboxylic acids is 4. The number of imidazole rings is 1. The van der Waals surface area contributed by atoms with Gasteiger partial charge in [0.15, 0.2) is 0 Å². The molecule has 6 aliphatic rings. The molecular weight excluding hydrogens is 801 g/mol. The number of likely N-dealkylation sites (tertiary alicyclic amines) is 2. The van der Waals surface area contributed by atoms with Crippen LogP contribution >= 0.6 is 0 Å². The Kier molecular flexibility index (Phi) is 10.8. The van der Waals surface area contributed by atoms with Crippen LogP contribution in [0.4, 0.5) is 9.59 Å². The molecule has 5 heterocycles. The largest absolute Gasteiger partial charge is 0.453 e. The lowest BCUT2D eigenvalue weighted by molar-refractivity contribution is -0.138. The number of carbonyl (C=O) groups is 4. The van der Waals surface area contributed by atoms with Crippen LogP contribution in [0, 0.1) is 23.7 Å². The van der Waals surface area contributed by atoms with E-state index < -0.39 is 24.3 Å². The number of hydrogen-bond acceptors (Lipinski definition) is 10. The molecule has 5 fully saturated rings. The summed E-state index contributed by atoms with van der Waals surface area (Å²) in [5.41, 5.74) is 5.26. The SMILES string of the molecule is COC(=O)N[C@H](C(=O)N1[C@@H]2C[C@@H]2C[C@H]1C1=NCC(c2ccc(-c3ccc4cc(-c5cnc([C@@H]6C[C@H]7C[C@H]7N6C(=O)[C@@H](NC(=O)OC)C6CCOCC6)[nH]5)ccc4c3)cc2)N1)C(C)C. The molecule has 4 N–H and O–H groups in total. The Morgan fingerprint density at radius 2 is 1.38 bits per heavy atom. The number of methoxy groups -OCH3 is 2. The van der Waals surface area contributed by atoms with Gasteiger partial charge in [-0.2, -0.15) is 0 Å². The first-order valence-electron chi connectivity index (χ1n) is 22.5. The molecule has 3 aromatic carbocycles. The summed E-state index contributed by atoms with van der Waals surface area (Å²) >= 11 is 0. The van der Waals surface area contributed by atoms with E-state index in [1.165, 1.54) is 14.2 Å². The smallest absolute Gasteiger partial charge is 0.407 e. The van der Waals surface area contributed by atoms with Crippen LogP contribution in [0.5, 0.6) is 0 Å². The summed E-state index contributed by atoms with van der Waals surface area (Å²) in [5.74, 6) is 2.27. The third kappa shape index (κ3) is 7.89. The third-order valence-electron chi connectivity index (χ3n) is 14.4. The number of fused-ring (bicyclic) bond motifs is 3. The van der Waals surface area contributed by atoms with Crippen LogP contribution in [0.1, 0.15) is 75.8 Å². The molecule has 4 amide bonds. The highest BCUT2D eigenvalue weighted by Crippen LogP contribution is 2.54. The summed E-state index contributed by atoms with van der Waals surface area (Å²) in [7, 11) is 2.63. The van der Waals surface area contributed by atoms with Crippen LogP contribution in [0.25, 0.3) is 33.2 Å². The first kappa shape index (κ1) is 41.1. The molecule has 330 valence electrons. The Labute approximate surface area is 366 Å². The van der Waals surface area contributed by atoms with Gasteiger partial charge in [-0.25, -0.2) is 14.6 Å². The molecule has 3 saturated heterocycles. The van der Waals surface area contributed by atoms with Gasteiger partial charge in [-0.1, -0.05) is 62.4 Å². The van der Waals surface area contributed by atoms with Gasteiger partial charge in [0.05, 0.1) is 50.8 Å². The fraction of sp³-hybridized carbons (Fsp3) is 0.500. The fourth-order valence-electron chi connectivity index (χ4n) is 10.7. The van der Waals surface area contributed by atoms with Crippen molar-refractivity contribution in [2.75, 3.05) is 34.0 Å². The van der Waals surface area contributed by atoms with Crippen molar-refractivity contribution in [2.45, 2.75) is 94.7 Å². The van der Waals surface area contributed by atoms with E-state index in [2.05, 4.69) is 81.6 Å². The third-order valence-corrected chi connectivity index (χ3v) is 14.4. The number of piperidine rings is 2. The molecule has 2 saturated carbocycles. The molecular formula is C48H56N8O7.